The molecule has 2 heterocycles. The van der Waals surface area contributed by atoms with E-state index in [1.165, 1.54) is 0 Å². The lowest BCUT2D eigenvalue weighted by atomic mass is 10.0. The summed E-state index contributed by atoms with van der Waals surface area (Å²) in [6.07, 6.45) is 5.44. The fraction of sp³-hybridized carbons (Fsp3) is 0.615. The van der Waals surface area contributed by atoms with E-state index in [-0.39, 0.29) is 5.91 Å². The molecule has 0 saturated carbocycles. The van der Waals surface area contributed by atoms with Gasteiger partial charge in [0.05, 0.1) is 6.54 Å². The van der Waals surface area contributed by atoms with Crippen molar-refractivity contribution in [1.29, 1.82) is 0 Å². The molecule has 0 bridgehead atoms. The first-order valence-corrected chi connectivity index (χ1v) is 6.81. The number of hydrogen-bond donors (Lipinski definition) is 2. The molecule has 1 saturated heterocycles. The highest BCUT2D eigenvalue weighted by Gasteiger charge is 2.21. The minimum absolute atomic E-state index is 0.0495. The van der Waals surface area contributed by atoms with Crippen LogP contribution in [0.5, 0.6) is 0 Å². The molecular formula is C13H21N5O. The van der Waals surface area contributed by atoms with Crippen molar-refractivity contribution in [2.75, 3.05) is 31.5 Å². The summed E-state index contributed by atoms with van der Waals surface area (Å²) in [5.74, 6) is 0.320. The number of carbonyl (C=O) groups is 1. The molecule has 6 nitrogen and oxygen atoms in total. The van der Waals surface area contributed by atoms with Crippen molar-refractivity contribution < 1.29 is 4.79 Å². The van der Waals surface area contributed by atoms with Gasteiger partial charge in [0.25, 0.3) is 0 Å². The van der Waals surface area contributed by atoms with Gasteiger partial charge in [0.2, 0.25) is 11.9 Å². The predicted molar refractivity (Wildman–Crippen MR) is 73.8 cm³/mol. The molecule has 1 amide bonds. The summed E-state index contributed by atoms with van der Waals surface area (Å²) in [7, 11) is 0. The summed E-state index contributed by atoms with van der Waals surface area (Å²) in [5.41, 5.74) is 0. The lowest BCUT2D eigenvalue weighted by molar-refractivity contribution is -0.118. The Morgan fingerprint density at radius 1 is 1.42 bits per heavy atom. The van der Waals surface area contributed by atoms with Crippen LogP contribution >= 0.6 is 0 Å². The smallest absolute Gasteiger partial charge is 0.240 e. The molecule has 2 N–H and O–H groups in total. The average Bonchev–Trinajstić information content (AvgIpc) is 2.47. The van der Waals surface area contributed by atoms with Crippen molar-refractivity contribution in [3.05, 3.63) is 18.5 Å². The fourth-order valence-electron chi connectivity index (χ4n) is 2.38. The standard InChI is InChI=1S/C13H21N5O/c1-2-18(11-4-8-14-9-5-11)10-12(19)17-13-15-6-3-7-16-13/h3,6-7,11,14H,2,4-5,8-10H2,1H3,(H,15,16,17,19). The Kier molecular flexibility index (Phi) is 5.23. The normalized spacial score (nSPS) is 16.5. The molecule has 0 aliphatic carbocycles. The molecular weight excluding hydrogens is 242 g/mol. The van der Waals surface area contributed by atoms with Crippen molar-refractivity contribution in [1.82, 2.24) is 20.2 Å². The third-order valence-corrected chi connectivity index (χ3v) is 3.39. The predicted octanol–water partition coefficient (Wildman–Crippen LogP) is 0.489. The maximum absolute atomic E-state index is 12.0. The molecule has 0 unspecified atom stereocenters. The molecule has 1 aromatic heterocycles. The van der Waals surface area contributed by atoms with Gasteiger partial charge in [-0.1, -0.05) is 6.92 Å². The van der Waals surface area contributed by atoms with Crippen molar-refractivity contribution >= 4 is 11.9 Å². The zero-order chi connectivity index (χ0) is 13.5. The van der Waals surface area contributed by atoms with Crippen LogP contribution in [-0.4, -0.2) is 53.0 Å². The van der Waals surface area contributed by atoms with Crippen molar-refractivity contribution in [2.45, 2.75) is 25.8 Å². The van der Waals surface area contributed by atoms with E-state index < -0.39 is 0 Å². The quantitative estimate of drug-likeness (QED) is 0.809. The molecule has 0 spiro atoms. The van der Waals surface area contributed by atoms with E-state index in [2.05, 4.69) is 32.4 Å². The van der Waals surface area contributed by atoms with E-state index in [9.17, 15) is 4.79 Å². The number of nitrogens with one attached hydrogen (secondary N) is 2. The lowest BCUT2D eigenvalue weighted by Crippen LogP contribution is -2.46. The molecule has 6 heteroatoms. The Bertz CT molecular complexity index is 391. The largest absolute Gasteiger partial charge is 0.317 e. The molecule has 19 heavy (non-hydrogen) atoms. The van der Waals surface area contributed by atoms with Gasteiger partial charge in [0.1, 0.15) is 0 Å². The number of carbonyl (C=O) groups excluding carboxylic acids is 1. The number of rotatable bonds is 5. The Morgan fingerprint density at radius 2 is 2.11 bits per heavy atom. The summed E-state index contributed by atoms with van der Waals surface area (Å²) in [6, 6.07) is 2.22. The van der Waals surface area contributed by atoms with Crippen LogP contribution in [0.25, 0.3) is 0 Å². The number of amides is 1. The van der Waals surface area contributed by atoms with Gasteiger partial charge in [0.15, 0.2) is 0 Å². The van der Waals surface area contributed by atoms with Crippen LogP contribution in [0.1, 0.15) is 19.8 Å². The van der Waals surface area contributed by atoms with E-state index in [4.69, 9.17) is 0 Å². The number of aromatic nitrogens is 2. The lowest BCUT2D eigenvalue weighted by Gasteiger charge is -2.33. The first kappa shape index (κ1) is 13.9. The van der Waals surface area contributed by atoms with Crippen molar-refractivity contribution in [2.24, 2.45) is 0 Å². The average molecular weight is 263 g/mol. The summed E-state index contributed by atoms with van der Waals surface area (Å²) >= 11 is 0. The van der Waals surface area contributed by atoms with E-state index in [1.807, 2.05) is 0 Å². The number of nitrogens with zero attached hydrogens (tertiary/aromatic N) is 3. The van der Waals surface area contributed by atoms with Gasteiger partial charge in [-0.3, -0.25) is 15.0 Å². The zero-order valence-corrected chi connectivity index (χ0v) is 11.3. The molecule has 0 atom stereocenters. The third kappa shape index (κ3) is 4.25. The van der Waals surface area contributed by atoms with Crippen molar-refractivity contribution in [3.8, 4) is 0 Å². The van der Waals surface area contributed by atoms with E-state index in [0.717, 1.165) is 32.5 Å². The molecule has 1 aliphatic rings. The van der Waals surface area contributed by atoms with E-state index in [0.29, 0.717) is 18.5 Å². The Morgan fingerprint density at radius 3 is 2.74 bits per heavy atom. The van der Waals surface area contributed by atoms with Crippen molar-refractivity contribution in [3.63, 3.8) is 0 Å². The molecule has 104 valence electrons. The van der Waals surface area contributed by atoms with Gasteiger partial charge < -0.3 is 5.32 Å². The molecule has 0 radical (unpaired) electrons. The van der Waals surface area contributed by atoms with Gasteiger partial charge in [-0.2, -0.15) is 0 Å². The number of anilines is 1. The third-order valence-electron chi connectivity index (χ3n) is 3.39. The molecule has 0 aromatic carbocycles. The minimum Gasteiger partial charge on any atom is -0.317 e. The van der Waals surface area contributed by atoms with Gasteiger partial charge in [-0.15, -0.1) is 0 Å². The first-order chi connectivity index (χ1) is 9.29. The molecule has 1 fully saturated rings. The highest BCUT2D eigenvalue weighted by atomic mass is 16.2. The second-order valence-corrected chi connectivity index (χ2v) is 4.66. The Labute approximate surface area is 113 Å². The van der Waals surface area contributed by atoms with Crippen LogP contribution in [0, 0.1) is 0 Å². The van der Waals surface area contributed by atoms with Gasteiger partial charge in [-0.05, 0) is 38.5 Å². The summed E-state index contributed by atoms with van der Waals surface area (Å²) in [5, 5.41) is 6.07. The van der Waals surface area contributed by atoms with E-state index >= 15 is 0 Å². The Balaban J connectivity index is 1.85. The van der Waals surface area contributed by atoms with Crippen LogP contribution in [0.15, 0.2) is 18.5 Å². The number of piperidine rings is 1. The van der Waals surface area contributed by atoms with Crippen LogP contribution in [0.2, 0.25) is 0 Å². The second-order valence-electron chi connectivity index (χ2n) is 4.66. The summed E-state index contributed by atoms with van der Waals surface area (Å²) < 4.78 is 0. The Hall–Kier alpha value is -1.53. The van der Waals surface area contributed by atoms with Crippen LogP contribution in [0.4, 0.5) is 5.95 Å². The fourth-order valence-corrected chi connectivity index (χ4v) is 2.38. The molecule has 2 rings (SSSR count). The maximum atomic E-state index is 12.0. The van der Waals surface area contributed by atoms with Crippen LogP contribution in [0.3, 0.4) is 0 Å². The molecule has 1 aliphatic heterocycles. The minimum atomic E-state index is -0.0495. The first-order valence-electron chi connectivity index (χ1n) is 6.81. The van der Waals surface area contributed by atoms with Gasteiger partial charge >= 0.3 is 0 Å². The summed E-state index contributed by atoms with van der Waals surface area (Å²) in [6.45, 7) is 5.44. The number of likely N-dealkylation sites (N-methyl/N-ethyl adjacent to an activating group) is 1. The topological polar surface area (TPSA) is 70.2 Å². The highest BCUT2D eigenvalue weighted by molar-refractivity contribution is 5.90. The van der Waals surface area contributed by atoms with Crippen LogP contribution < -0.4 is 10.6 Å². The SMILES string of the molecule is CCN(CC(=O)Nc1ncccn1)C1CCNCC1. The molecule has 1 aromatic rings. The van der Waals surface area contributed by atoms with Crippen LogP contribution in [-0.2, 0) is 4.79 Å². The van der Waals surface area contributed by atoms with Gasteiger partial charge in [-0.25, -0.2) is 9.97 Å². The van der Waals surface area contributed by atoms with E-state index in [1.54, 1.807) is 18.5 Å². The zero-order valence-electron chi connectivity index (χ0n) is 11.3. The second kappa shape index (κ2) is 7.16. The highest BCUT2D eigenvalue weighted by Crippen LogP contribution is 2.11. The summed E-state index contributed by atoms with van der Waals surface area (Å²) in [4.78, 5) is 22.2. The van der Waals surface area contributed by atoms with Gasteiger partial charge in [0, 0.05) is 18.4 Å². The maximum Gasteiger partial charge on any atom is 0.240 e. The number of hydrogen-bond acceptors (Lipinski definition) is 5. The monoisotopic (exact) mass is 263 g/mol.